The number of amides is 1. The number of H-pyrrole nitrogens is 1. The number of rotatable bonds is 4. The van der Waals surface area contributed by atoms with Crippen LogP contribution in [0, 0.1) is 5.82 Å². The van der Waals surface area contributed by atoms with E-state index in [4.69, 9.17) is 5.11 Å². The molecular weight excluding hydrogens is 433 g/mol. The highest BCUT2D eigenvalue weighted by atomic mass is 32.2. The molecule has 3 aromatic rings. The maximum Gasteiger partial charge on any atom is 0.407 e. The predicted octanol–water partition coefficient (Wildman–Crippen LogP) is 2.80. The summed E-state index contributed by atoms with van der Waals surface area (Å²) in [5.74, 6) is -0.614. The van der Waals surface area contributed by atoms with Crippen LogP contribution < -0.4 is 0 Å². The van der Waals surface area contributed by atoms with E-state index in [2.05, 4.69) is 20.2 Å². The van der Waals surface area contributed by atoms with Crippen LogP contribution >= 0.6 is 11.8 Å². The molecule has 1 aliphatic heterocycles. The smallest absolute Gasteiger partial charge is 0.407 e. The average Bonchev–Trinajstić information content (AvgIpc) is 3.16. The summed E-state index contributed by atoms with van der Waals surface area (Å²) in [5.41, 5.74) is 0.526. The fourth-order valence-electron chi connectivity index (χ4n) is 3.25. The van der Waals surface area contributed by atoms with Gasteiger partial charge < -0.3 is 10.0 Å². The zero-order valence-corrected chi connectivity index (χ0v) is 17.5. The van der Waals surface area contributed by atoms with Crippen molar-refractivity contribution >= 4 is 38.7 Å². The monoisotopic (exact) mass is 451 g/mol. The van der Waals surface area contributed by atoms with Crippen molar-refractivity contribution < 1.29 is 22.7 Å². The van der Waals surface area contributed by atoms with Gasteiger partial charge in [0.2, 0.25) is 0 Å². The second-order valence-corrected chi connectivity index (χ2v) is 10.3. The number of sulfone groups is 1. The number of aromatic nitrogens is 4. The SMILES string of the molecule is CS(=O)(=O)c1ccc(-c2nc(SC3CCN(C(=O)O)CC3)c3cn[nH]c3n2)c(F)c1. The maximum absolute atomic E-state index is 14.7. The van der Waals surface area contributed by atoms with Crippen LogP contribution in [-0.2, 0) is 9.84 Å². The minimum atomic E-state index is -3.53. The number of aromatic amines is 1. The van der Waals surface area contributed by atoms with E-state index in [9.17, 15) is 17.6 Å². The molecule has 0 atom stereocenters. The van der Waals surface area contributed by atoms with Crippen molar-refractivity contribution in [2.24, 2.45) is 0 Å². The summed E-state index contributed by atoms with van der Waals surface area (Å²) in [6.45, 7) is 0.891. The first-order valence-electron chi connectivity index (χ1n) is 9.08. The molecule has 0 radical (unpaired) electrons. The lowest BCUT2D eigenvalue weighted by molar-refractivity contribution is 0.136. The van der Waals surface area contributed by atoms with Gasteiger partial charge in [0.25, 0.3) is 0 Å². The molecule has 0 aliphatic carbocycles. The van der Waals surface area contributed by atoms with Gasteiger partial charge in [-0.05, 0) is 31.0 Å². The number of piperidine rings is 1. The molecule has 1 aliphatic rings. The first-order chi connectivity index (χ1) is 14.2. The van der Waals surface area contributed by atoms with Gasteiger partial charge in [0.05, 0.1) is 22.0 Å². The Morgan fingerprint density at radius 3 is 2.67 bits per heavy atom. The van der Waals surface area contributed by atoms with E-state index in [1.165, 1.54) is 28.8 Å². The minimum Gasteiger partial charge on any atom is -0.465 e. The van der Waals surface area contributed by atoms with Gasteiger partial charge in [0.15, 0.2) is 21.3 Å². The summed E-state index contributed by atoms with van der Waals surface area (Å²) < 4.78 is 38.0. The Balaban J connectivity index is 1.66. The van der Waals surface area contributed by atoms with Gasteiger partial charge in [-0.3, -0.25) is 5.10 Å². The lowest BCUT2D eigenvalue weighted by Gasteiger charge is -2.29. The van der Waals surface area contributed by atoms with Crippen LogP contribution in [0.5, 0.6) is 0 Å². The van der Waals surface area contributed by atoms with Crippen molar-refractivity contribution in [1.29, 1.82) is 0 Å². The number of benzene rings is 1. The predicted molar refractivity (Wildman–Crippen MR) is 109 cm³/mol. The van der Waals surface area contributed by atoms with Gasteiger partial charge in [-0.2, -0.15) is 5.10 Å². The van der Waals surface area contributed by atoms with Gasteiger partial charge >= 0.3 is 6.09 Å². The Hall–Kier alpha value is -2.73. The number of carboxylic acid groups (broad SMARTS) is 1. The molecule has 3 heterocycles. The molecule has 2 aromatic heterocycles. The molecule has 30 heavy (non-hydrogen) atoms. The van der Waals surface area contributed by atoms with Crippen molar-refractivity contribution in [3.05, 3.63) is 30.2 Å². The normalized spacial score (nSPS) is 15.6. The third-order valence-corrected chi connectivity index (χ3v) is 7.32. The van der Waals surface area contributed by atoms with E-state index in [1.54, 1.807) is 6.20 Å². The summed E-state index contributed by atoms with van der Waals surface area (Å²) in [6.07, 6.45) is 3.03. The number of thioether (sulfide) groups is 1. The number of likely N-dealkylation sites (tertiary alicyclic amines) is 1. The lowest BCUT2D eigenvalue weighted by atomic mass is 10.1. The number of carbonyl (C=O) groups is 1. The minimum absolute atomic E-state index is 0.0847. The van der Waals surface area contributed by atoms with E-state index in [0.29, 0.717) is 42.0 Å². The number of hydrogen-bond donors (Lipinski definition) is 2. The number of fused-ring (bicyclic) bond motifs is 1. The molecule has 0 spiro atoms. The van der Waals surface area contributed by atoms with Crippen LogP contribution in [0.2, 0.25) is 0 Å². The van der Waals surface area contributed by atoms with Crippen molar-refractivity contribution in [2.45, 2.75) is 28.0 Å². The van der Waals surface area contributed by atoms with Crippen molar-refractivity contribution in [2.75, 3.05) is 19.3 Å². The first-order valence-corrected chi connectivity index (χ1v) is 11.8. The molecule has 2 N–H and O–H groups in total. The maximum atomic E-state index is 14.7. The summed E-state index contributed by atoms with van der Waals surface area (Å²) in [7, 11) is -3.53. The van der Waals surface area contributed by atoms with Crippen LogP contribution in [0.1, 0.15) is 12.8 Å². The standard InChI is InChI=1S/C18H18FN5O4S2/c1-30(27,28)11-2-3-12(14(19)8-11)15-21-16-13(9-20-23-16)17(22-15)29-10-4-6-24(7-5-10)18(25)26/h2-3,8-10H,4-7H2,1H3,(H,25,26)(H,20,21,22,23). The average molecular weight is 452 g/mol. The lowest BCUT2D eigenvalue weighted by Crippen LogP contribution is -2.38. The summed E-state index contributed by atoms with van der Waals surface area (Å²) in [6, 6.07) is 3.63. The summed E-state index contributed by atoms with van der Waals surface area (Å²) in [4.78, 5) is 21.2. The zero-order valence-electron chi connectivity index (χ0n) is 15.9. The van der Waals surface area contributed by atoms with Crippen LogP contribution in [0.25, 0.3) is 22.4 Å². The third-order valence-electron chi connectivity index (χ3n) is 4.88. The second kappa shape index (κ2) is 7.84. The van der Waals surface area contributed by atoms with Crippen LogP contribution in [0.4, 0.5) is 9.18 Å². The van der Waals surface area contributed by atoms with E-state index in [-0.39, 0.29) is 21.5 Å². The Morgan fingerprint density at radius 2 is 2.03 bits per heavy atom. The van der Waals surface area contributed by atoms with Crippen molar-refractivity contribution in [3.63, 3.8) is 0 Å². The molecule has 4 rings (SSSR count). The fourth-order valence-corrected chi connectivity index (χ4v) is 5.06. The van der Waals surface area contributed by atoms with E-state index in [0.717, 1.165) is 12.3 Å². The van der Waals surface area contributed by atoms with Gasteiger partial charge in [-0.1, -0.05) is 0 Å². The Morgan fingerprint density at radius 1 is 1.30 bits per heavy atom. The molecular formula is C18H18FN5O4S2. The second-order valence-electron chi connectivity index (χ2n) is 6.99. The Kier molecular flexibility index (Phi) is 5.36. The highest BCUT2D eigenvalue weighted by Gasteiger charge is 2.25. The van der Waals surface area contributed by atoms with Crippen LogP contribution in [0.15, 0.2) is 34.3 Å². The van der Waals surface area contributed by atoms with E-state index in [1.807, 2.05) is 0 Å². The molecule has 1 aromatic carbocycles. The Bertz CT molecular complexity index is 1220. The topological polar surface area (TPSA) is 129 Å². The fraction of sp³-hybridized carbons (Fsp3) is 0.333. The number of nitrogens with zero attached hydrogens (tertiary/aromatic N) is 4. The zero-order chi connectivity index (χ0) is 21.5. The highest BCUT2D eigenvalue weighted by molar-refractivity contribution is 8.00. The molecule has 9 nitrogen and oxygen atoms in total. The first kappa shape index (κ1) is 20.5. The van der Waals surface area contributed by atoms with E-state index < -0.39 is 21.7 Å². The molecule has 12 heteroatoms. The molecule has 1 saturated heterocycles. The van der Waals surface area contributed by atoms with Gasteiger partial charge in [-0.15, -0.1) is 11.8 Å². The van der Waals surface area contributed by atoms with Gasteiger partial charge in [0, 0.05) is 24.6 Å². The quantitative estimate of drug-likeness (QED) is 0.579. The Labute approximate surface area is 175 Å². The van der Waals surface area contributed by atoms with Gasteiger partial charge in [0.1, 0.15) is 10.8 Å². The molecule has 0 unspecified atom stereocenters. The highest BCUT2D eigenvalue weighted by Crippen LogP contribution is 2.35. The molecule has 0 bridgehead atoms. The molecule has 1 amide bonds. The number of nitrogens with one attached hydrogen (secondary N) is 1. The molecule has 0 saturated carbocycles. The third kappa shape index (κ3) is 4.10. The molecule has 158 valence electrons. The summed E-state index contributed by atoms with van der Waals surface area (Å²) in [5, 5.41) is 17.3. The largest absolute Gasteiger partial charge is 0.465 e. The van der Waals surface area contributed by atoms with Gasteiger partial charge in [-0.25, -0.2) is 27.6 Å². The van der Waals surface area contributed by atoms with Crippen LogP contribution in [-0.4, -0.2) is 69.3 Å². The molecule has 1 fully saturated rings. The summed E-state index contributed by atoms with van der Waals surface area (Å²) >= 11 is 1.49. The van der Waals surface area contributed by atoms with Crippen molar-refractivity contribution in [3.8, 4) is 11.4 Å². The van der Waals surface area contributed by atoms with Crippen LogP contribution in [0.3, 0.4) is 0 Å². The van der Waals surface area contributed by atoms with E-state index >= 15 is 0 Å². The van der Waals surface area contributed by atoms with Crippen molar-refractivity contribution in [1.82, 2.24) is 25.1 Å². The number of halogens is 1. The number of hydrogen-bond acceptors (Lipinski definition) is 7.